The Labute approximate surface area is 85.1 Å². The molecule has 2 aromatic rings. The van der Waals surface area contributed by atoms with Crippen LogP contribution in [0.3, 0.4) is 0 Å². The molecule has 15 heavy (non-hydrogen) atoms. The minimum atomic E-state index is -0.738. The summed E-state index contributed by atoms with van der Waals surface area (Å²) in [5.74, 6) is 0.333. The third kappa shape index (κ3) is 2.11. The number of nitrogens with zero attached hydrogens (tertiary/aromatic N) is 2. The maximum atomic E-state index is 10.5. The molecule has 6 heteroatoms. The van der Waals surface area contributed by atoms with Gasteiger partial charge in [-0.05, 0) is 12.1 Å². The van der Waals surface area contributed by atoms with E-state index >= 15 is 0 Å². The summed E-state index contributed by atoms with van der Waals surface area (Å²) in [7, 11) is 0. The van der Waals surface area contributed by atoms with E-state index in [4.69, 9.17) is 10.2 Å². The van der Waals surface area contributed by atoms with Gasteiger partial charge in [0.1, 0.15) is 0 Å². The fourth-order valence-electron chi connectivity index (χ4n) is 1.08. The molecule has 0 radical (unpaired) electrons. The first-order valence-corrected chi connectivity index (χ1v) is 4.21. The van der Waals surface area contributed by atoms with Crippen LogP contribution < -0.4 is 11.1 Å². The van der Waals surface area contributed by atoms with Crippen molar-refractivity contribution in [1.29, 1.82) is 0 Å². The Bertz CT molecular complexity index is 466. The van der Waals surface area contributed by atoms with Crippen LogP contribution in [-0.4, -0.2) is 16.2 Å². The molecule has 0 saturated carbocycles. The van der Waals surface area contributed by atoms with Gasteiger partial charge in [-0.3, -0.25) is 5.32 Å². The minimum Gasteiger partial charge on any atom is -0.403 e. The number of urea groups is 1. The van der Waals surface area contributed by atoms with E-state index in [2.05, 4.69) is 15.5 Å². The van der Waals surface area contributed by atoms with Gasteiger partial charge in [0.25, 0.3) is 0 Å². The highest BCUT2D eigenvalue weighted by atomic mass is 16.4. The third-order valence-electron chi connectivity index (χ3n) is 1.68. The van der Waals surface area contributed by atoms with Gasteiger partial charge in [-0.1, -0.05) is 23.3 Å². The van der Waals surface area contributed by atoms with Crippen molar-refractivity contribution in [3.63, 3.8) is 0 Å². The maximum absolute atomic E-state index is 10.5. The first-order valence-electron chi connectivity index (χ1n) is 4.21. The van der Waals surface area contributed by atoms with Crippen LogP contribution in [-0.2, 0) is 0 Å². The monoisotopic (exact) mass is 204 g/mol. The number of carbonyl (C=O) groups is 1. The number of aromatic nitrogens is 2. The molecular weight excluding hydrogens is 196 g/mol. The zero-order valence-electron chi connectivity index (χ0n) is 7.68. The molecule has 76 valence electrons. The van der Waals surface area contributed by atoms with Crippen LogP contribution in [0.5, 0.6) is 0 Å². The lowest BCUT2D eigenvalue weighted by atomic mass is 10.2. The van der Waals surface area contributed by atoms with Gasteiger partial charge in [0.15, 0.2) is 0 Å². The van der Waals surface area contributed by atoms with E-state index in [0.29, 0.717) is 5.89 Å². The van der Waals surface area contributed by atoms with Crippen LogP contribution in [0.1, 0.15) is 0 Å². The molecule has 0 aliphatic heterocycles. The fourth-order valence-corrected chi connectivity index (χ4v) is 1.08. The van der Waals surface area contributed by atoms with Crippen LogP contribution >= 0.6 is 0 Å². The van der Waals surface area contributed by atoms with Gasteiger partial charge in [-0.2, -0.15) is 0 Å². The smallest absolute Gasteiger partial charge is 0.324 e. The molecule has 1 aromatic carbocycles. The van der Waals surface area contributed by atoms with Crippen molar-refractivity contribution < 1.29 is 9.21 Å². The highest BCUT2D eigenvalue weighted by molar-refractivity contribution is 5.85. The number of hydrogen-bond acceptors (Lipinski definition) is 4. The van der Waals surface area contributed by atoms with E-state index in [-0.39, 0.29) is 6.01 Å². The van der Waals surface area contributed by atoms with Gasteiger partial charge in [-0.15, -0.1) is 5.10 Å². The molecule has 0 aliphatic rings. The molecule has 2 amide bonds. The molecule has 0 saturated heterocycles. The number of hydrogen-bond donors (Lipinski definition) is 2. The number of amides is 2. The summed E-state index contributed by atoms with van der Waals surface area (Å²) in [5, 5.41) is 9.55. The van der Waals surface area contributed by atoms with Crippen molar-refractivity contribution in [3.05, 3.63) is 30.3 Å². The molecule has 0 fully saturated rings. The fraction of sp³-hybridized carbons (Fsp3) is 0. The number of nitrogens with two attached hydrogens (primary N) is 1. The van der Waals surface area contributed by atoms with Crippen molar-refractivity contribution in [1.82, 2.24) is 10.2 Å². The Hall–Kier alpha value is -2.37. The Morgan fingerprint density at radius 3 is 2.67 bits per heavy atom. The van der Waals surface area contributed by atoms with Gasteiger partial charge < -0.3 is 10.2 Å². The van der Waals surface area contributed by atoms with Gasteiger partial charge in [-0.25, -0.2) is 4.79 Å². The lowest BCUT2D eigenvalue weighted by molar-refractivity contribution is 0.258. The SMILES string of the molecule is NC(=O)Nc1nnc(-c2ccccc2)o1. The molecular formula is C9H8N4O2. The van der Waals surface area contributed by atoms with Crippen LogP contribution in [0.2, 0.25) is 0 Å². The zero-order chi connectivity index (χ0) is 10.7. The molecule has 0 aliphatic carbocycles. The summed E-state index contributed by atoms with van der Waals surface area (Å²) >= 11 is 0. The van der Waals surface area contributed by atoms with Crippen molar-refractivity contribution in [2.45, 2.75) is 0 Å². The molecule has 0 atom stereocenters. The van der Waals surface area contributed by atoms with Crippen molar-refractivity contribution in [2.75, 3.05) is 5.32 Å². The first-order chi connectivity index (χ1) is 7.25. The predicted molar refractivity (Wildman–Crippen MR) is 52.9 cm³/mol. The first kappa shape index (κ1) is 9.20. The second-order valence-corrected chi connectivity index (χ2v) is 2.77. The largest absolute Gasteiger partial charge is 0.403 e. The molecule has 1 heterocycles. The quantitative estimate of drug-likeness (QED) is 0.769. The molecule has 6 nitrogen and oxygen atoms in total. The lowest BCUT2D eigenvalue weighted by Crippen LogP contribution is -2.19. The third-order valence-corrected chi connectivity index (χ3v) is 1.68. The summed E-state index contributed by atoms with van der Waals surface area (Å²) in [6.07, 6.45) is 0. The highest BCUT2D eigenvalue weighted by Crippen LogP contribution is 2.18. The molecule has 1 aromatic heterocycles. The van der Waals surface area contributed by atoms with Crippen LogP contribution in [0.25, 0.3) is 11.5 Å². The van der Waals surface area contributed by atoms with E-state index in [9.17, 15) is 4.79 Å². The van der Waals surface area contributed by atoms with Gasteiger partial charge in [0, 0.05) is 5.56 Å². The summed E-state index contributed by atoms with van der Waals surface area (Å²) in [4.78, 5) is 10.5. The van der Waals surface area contributed by atoms with E-state index in [1.165, 1.54) is 0 Å². The molecule has 0 bridgehead atoms. The number of carbonyl (C=O) groups excluding carboxylic acids is 1. The van der Waals surface area contributed by atoms with E-state index in [1.807, 2.05) is 30.3 Å². The Morgan fingerprint density at radius 1 is 1.27 bits per heavy atom. The second kappa shape index (κ2) is 3.79. The molecule has 0 unspecified atom stereocenters. The summed E-state index contributed by atoms with van der Waals surface area (Å²) < 4.78 is 5.15. The standard InChI is InChI=1S/C9H8N4O2/c10-8(14)11-9-13-12-7(15-9)6-4-2-1-3-5-6/h1-5H,(H3,10,11,13,14). The number of benzene rings is 1. The number of nitrogens with one attached hydrogen (secondary N) is 1. The van der Waals surface area contributed by atoms with Gasteiger partial charge in [0.05, 0.1) is 0 Å². The van der Waals surface area contributed by atoms with Crippen molar-refractivity contribution in [3.8, 4) is 11.5 Å². The average molecular weight is 204 g/mol. The molecule has 2 rings (SSSR count). The summed E-state index contributed by atoms with van der Waals surface area (Å²) in [6.45, 7) is 0. The van der Waals surface area contributed by atoms with E-state index < -0.39 is 6.03 Å². The van der Waals surface area contributed by atoms with Crippen LogP contribution in [0.15, 0.2) is 34.7 Å². The van der Waals surface area contributed by atoms with Crippen LogP contribution in [0, 0.1) is 0 Å². The molecule has 0 spiro atoms. The summed E-state index contributed by atoms with van der Waals surface area (Å²) in [5.41, 5.74) is 5.67. The normalized spacial score (nSPS) is 9.87. The van der Waals surface area contributed by atoms with Crippen LogP contribution in [0.4, 0.5) is 10.8 Å². The highest BCUT2D eigenvalue weighted by Gasteiger charge is 2.08. The second-order valence-electron chi connectivity index (χ2n) is 2.77. The van der Waals surface area contributed by atoms with E-state index in [0.717, 1.165) is 5.56 Å². The maximum Gasteiger partial charge on any atom is 0.324 e. The lowest BCUT2D eigenvalue weighted by Gasteiger charge is -1.93. The Kier molecular flexibility index (Phi) is 2.32. The zero-order valence-corrected chi connectivity index (χ0v) is 7.68. The molecule has 3 N–H and O–H groups in total. The van der Waals surface area contributed by atoms with Gasteiger partial charge in [0.2, 0.25) is 5.89 Å². The predicted octanol–water partition coefficient (Wildman–Crippen LogP) is 1.23. The topological polar surface area (TPSA) is 94.0 Å². The number of rotatable bonds is 2. The van der Waals surface area contributed by atoms with Gasteiger partial charge >= 0.3 is 12.0 Å². The van der Waals surface area contributed by atoms with E-state index in [1.54, 1.807) is 0 Å². The van der Waals surface area contributed by atoms with Crippen molar-refractivity contribution in [2.24, 2.45) is 5.73 Å². The number of primary amides is 1. The van der Waals surface area contributed by atoms with Crippen molar-refractivity contribution >= 4 is 12.0 Å². The Morgan fingerprint density at radius 2 is 2.00 bits per heavy atom. The minimum absolute atomic E-state index is 0.0126. The Balaban J connectivity index is 2.24. The summed E-state index contributed by atoms with van der Waals surface area (Å²) in [6, 6.07) is 8.46. The average Bonchev–Trinajstić information content (AvgIpc) is 2.67. The number of anilines is 1.